The van der Waals surface area contributed by atoms with E-state index < -0.39 is 7.82 Å². The summed E-state index contributed by atoms with van der Waals surface area (Å²) in [5.41, 5.74) is 0. The Kier molecular flexibility index (Phi) is 19.5. The molecule has 4 nitrogen and oxygen atoms in total. The molecule has 0 aliphatic heterocycles. The van der Waals surface area contributed by atoms with Gasteiger partial charge in [0.2, 0.25) is 0 Å². The third-order valence-electron chi connectivity index (χ3n) is 2.63. The Labute approximate surface area is 143 Å². The first-order valence-corrected chi connectivity index (χ1v) is 10.4. The van der Waals surface area contributed by atoms with Crippen LogP contribution in [0, 0.1) is 0 Å². The zero-order valence-corrected chi connectivity index (χ0v) is 18.3. The number of hydrogen-bond acceptors (Lipinski definition) is 5. The first kappa shape index (κ1) is 23.5. The van der Waals surface area contributed by atoms with Crippen molar-refractivity contribution in [1.29, 1.82) is 0 Å². The van der Waals surface area contributed by atoms with Gasteiger partial charge in [-0.2, -0.15) is 0 Å². The van der Waals surface area contributed by atoms with Crippen molar-refractivity contribution in [2.45, 2.75) is 65.2 Å². The Hall–Kier alpha value is 1.25. The monoisotopic (exact) mass is 392 g/mol. The van der Waals surface area contributed by atoms with Crippen LogP contribution in [0.25, 0.3) is 0 Å². The fourth-order valence-electron chi connectivity index (χ4n) is 1.50. The zero-order valence-electron chi connectivity index (χ0n) is 12.7. The van der Waals surface area contributed by atoms with Crippen molar-refractivity contribution in [1.82, 2.24) is 0 Å². The minimum Gasteiger partial charge on any atom is -0.286 e. The van der Waals surface area contributed by atoms with Gasteiger partial charge in [0.05, 0.1) is 13.2 Å². The molecule has 0 aliphatic carbocycles. The molecule has 8 heteroatoms. The first-order valence-electron chi connectivity index (χ1n) is 7.09. The van der Waals surface area contributed by atoms with Gasteiger partial charge < -0.3 is 0 Å². The minimum atomic E-state index is -3.43. The van der Waals surface area contributed by atoms with Crippen molar-refractivity contribution in [2.75, 3.05) is 13.2 Å². The quantitative estimate of drug-likeness (QED) is 0.217. The predicted molar refractivity (Wildman–Crippen MR) is 83.2 cm³/mol. The second-order valence-corrected chi connectivity index (χ2v) is 7.05. The van der Waals surface area contributed by atoms with E-state index in [1.807, 2.05) is 6.92 Å². The summed E-state index contributed by atoms with van der Waals surface area (Å²) in [6.07, 6.45) is 8.73. The van der Waals surface area contributed by atoms with Crippen LogP contribution in [0.3, 0.4) is 0 Å². The molecule has 0 rings (SSSR count). The molecule has 1 atom stereocenters. The Morgan fingerprint density at radius 1 is 0.900 bits per heavy atom. The molecule has 1 unspecified atom stereocenters. The zero-order chi connectivity index (χ0) is 14.4. The smallest absolute Gasteiger partial charge is 0.286 e. The molecule has 0 saturated carbocycles. The second kappa shape index (κ2) is 16.6. The molecule has 0 aliphatic rings. The van der Waals surface area contributed by atoms with E-state index in [4.69, 9.17) is 13.4 Å². The fourth-order valence-corrected chi connectivity index (χ4v) is 3.72. The van der Waals surface area contributed by atoms with E-state index in [0.717, 1.165) is 25.7 Å². The number of phosphoric ester groups is 1. The normalized spacial score (nSPS) is 13.9. The summed E-state index contributed by atoms with van der Waals surface area (Å²) in [6, 6.07) is 0. The maximum atomic E-state index is 12.1. The van der Waals surface area contributed by atoms with Crippen LogP contribution in [0.15, 0.2) is 0 Å². The molecular weight excluding hydrogens is 368 g/mol. The van der Waals surface area contributed by atoms with Crippen LogP contribution < -0.4 is 0 Å². The molecule has 0 aromatic rings. The Bertz CT molecular complexity index is 270. The van der Waals surface area contributed by atoms with E-state index >= 15 is 0 Å². The topological polar surface area (TPSA) is 44.8 Å². The average molecular weight is 394 g/mol. The number of rotatable bonds is 14. The summed E-state index contributed by atoms with van der Waals surface area (Å²) in [7, 11) is -3.27. The SMILES string of the molecule is CCCCCCCCOP(=O)(OCCCC)OP=S.[Zn]. The third kappa shape index (κ3) is 14.2. The van der Waals surface area contributed by atoms with Gasteiger partial charge in [-0.25, -0.2) is 8.88 Å². The predicted octanol–water partition coefficient (Wildman–Crippen LogP) is 5.63. The molecule has 0 saturated heterocycles. The van der Waals surface area contributed by atoms with Crippen LogP contribution in [-0.4, -0.2) is 13.2 Å². The molecule has 0 bridgehead atoms. The van der Waals surface area contributed by atoms with Crippen LogP contribution in [0.2, 0.25) is 0 Å². The first-order chi connectivity index (χ1) is 9.18. The maximum Gasteiger partial charge on any atom is 0.483 e. The van der Waals surface area contributed by atoms with Crippen molar-refractivity contribution in [3.8, 4) is 0 Å². The molecule has 0 fully saturated rings. The van der Waals surface area contributed by atoms with E-state index in [9.17, 15) is 4.57 Å². The number of phosphoric acid groups is 1. The summed E-state index contributed by atoms with van der Waals surface area (Å²) in [5, 5.41) is 0. The standard InChI is InChI=1S/C12H26O4P2S.Zn/c1-3-5-7-8-9-10-12-15-18(13,16-17-19)14-11-6-4-2;/h3-12H2,1-2H3;. The second-order valence-electron chi connectivity index (χ2n) is 4.39. The van der Waals surface area contributed by atoms with Crippen LogP contribution in [0.5, 0.6) is 0 Å². The summed E-state index contributed by atoms with van der Waals surface area (Å²) < 4.78 is 27.5. The molecule has 0 aromatic carbocycles. The van der Waals surface area contributed by atoms with Gasteiger partial charge in [0.15, 0.2) is 0 Å². The van der Waals surface area contributed by atoms with Gasteiger partial charge in [0, 0.05) is 19.5 Å². The molecule has 0 spiro atoms. The molecule has 0 N–H and O–H groups in total. The van der Waals surface area contributed by atoms with Gasteiger partial charge in [-0.3, -0.25) is 9.05 Å². The number of hydrogen-bond donors (Lipinski definition) is 0. The van der Waals surface area contributed by atoms with Gasteiger partial charge in [0.25, 0.3) is 0 Å². The van der Waals surface area contributed by atoms with Crippen molar-refractivity contribution in [2.24, 2.45) is 0 Å². The number of unbranched alkanes of at least 4 members (excludes halogenated alkanes) is 6. The Morgan fingerprint density at radius 3 is 1.95 bits per heavy atom. The van der Waals surface area contributed by atoms with Gasteiger partial charge in [0.1, 0.15) is 7.58 Å². The van der Waals surface area contributed by atoms with Crippen molar-refractivity contribution >= 4 is 27.2 Å². The molecule has 20 heavy (non-hydrogen) atoms. The van der Waals surface area contributed by atoms with Gasteiger partial charge in [-0.15, -0.1) is 0 Å². The van der Waals surface area contributed by atoms with Crippen molar-refractivity contribution in [3.63, 3.8) is 0 Å². The van der Waals surface area contributed by atoms with E-state index in [1.54, 1.807) is 0 Å². The van der Waals surface area contributed by atoms with Crippen LogP contribution in [0.1, 0.15) is 65.2 Å². The maximum absolute atomic E-state index is 12.1. The molecule has 0 radical (unpaired) electrons. The summed E-state index contributed by atoms with van der Waals surface area (Å²) >= 11 is 4.65. The molecule has 0 aromatic heterocycles. The van der Waals surface area contributed by atoms with Crippen LogP contribution in [-0.2, 0) is 49.2 Å². The largest absolute Gasteiger partial charge is 0.483 e. The van der Waals surface area contributed by atoms with Gasteiger partial charge >= 0.3 is 7.82 Å². The average Bonchev–Trinajstić information content (AvgIpc) is 2.38. The minimum absolute atomic E-state index is 0. The Morgan fingerprint density at radius 2 is 1.40 bits per heavy atom. The van der Waals surface area contributed by atoms with Crippen LogP contribution >= 0.6 is 15.4 Å². The van der Waals surface area contributed by atoms with E-state index in [0.29, 0.717) is 13.2 Å². The summed E-state index contributed by atoms with van der Waals surface area (Å²) in [5.74, 6) is 0. The van der Waals surface area contributed by atoms with E-state index in [-0.39, 0.29) is 27.1 Å². The third-order valence-corrected chi connectivity index (χ3v) is 5.29. The molecule has 0 amide bonds. The van der Waals surface area contributed by atoms with Gasteiger partial charge in [-0.05, 0) is 24.6 Å². The Balaban J connectivity index is 0. The van der Waals surface area contributed by atoms with E-state index in [1.165, 1.54) is 25.7 Å². The van der Waals surface area contributed by atoms with Crippen molar-refractivity contribution in [3.05, 3.63) is 0 Å². The van der Waals surface area contributed by atoms with Crippen LogP contribution in [0.4, 0.5) is 0 Å². The molecule has 0 heterocycles. The molecule has 116 valence electrons. The van der Waals surface area contributed by atoms with Gasteiger partial charge in [-0.1, -0.05) is 52.4 Å². The fraction of sp³-hybridized carbons (Fsp3) is 1.00. The van der Waals surface area contributed by atoms with E-state index in [2.05, 4.69) is 18.7 Å². The summed E-state index contributed by atoms with van der Waals surface area (Å²) in [6.45, 7) is 5.02. The van der Waals surface area contributed by atoms with Crippen molar-refractivity contribution < 1.29 is 37.4 Å². The summed E-state index contributed by atoms with van der Waals surface area (Å²) in [4.78, 5) is 0. The molecular formula is C12H26O4P2SZn.